The molecule has 0 saturated carbocycles. The fourth-order valence-electron chi connectivity index (χ4n) is 3.30. The van der Waals surface area contributed by atoms with Crippen LogP contribution < -0.4 is 15.5 Å². The first kappa shape index (κ1) is 26.0. The molecule has 0 aliphatic heterocycles. The molecular weight excluding hydrogens is 512 g/mol. The molecule has 35 heavy (non-hydrogen) atoms. The number of carbonyl (C=O) groups is 2. The molecule has 1 atom stereocenters. The van der Waals surface area contributed by atoms with Crippen LogP contribution in [0.2, 0.25) is 0 Å². The molecule has 8 nitrogen and oxygen atoms in total. The highest BCUT2D eigenvalue weighted by Crippen LogP contribution is 2.22. The lowest BCUT2D eigenvalue weighted by Crippen LogP contribution is -2.47. The van der Waals surface area contributed by atoms with Crippen molar-refractivity contribution in [1.29, 1.82) is 0 Å². The zero-order chi connectivity index (χ0) is 25.2. The number of para-hydroxylation sites is 1. The highest BCUT2D eigenvalue weighted by Gasteiger charge is 2.23. The molecule has 2 amide bonds. The summed E-state index contributed by atoms with van der Waals surface area (Å²) in [7, 11) is 0. The zero-order valence-corrected chi connectivity index (χ0v) is 21.3. The normalized spacial score (nSPS) is 12.0. The maximum absolute atomic E-state index is 13.0. The van der Waals surface area contributed by atoms with Crippen LogP contribution in [0.5, 0.6) is 5.75 Å². The number of aromatic nitrogens is 1. The molecule has 1 heterocycles. The van der Waals surface area contributed by atoms with Gasteiger partial charge < -0.3 is 19.8 Å². The second kappa shape index (κ2) is 12.8. The lowest BCUT2D eigenvalue weighted by molar-refractivity contribution is -0.123. The van der Waals surface area contributed by atoms with Crippen molar-refractivity contribution in [3.05, 3.63) is 76.9 Å². The van der Waals surface area contributed by atoms with Crippen LogP contribution in [-0.2, 0) is 16.0 Å². The lowest BCUT2D eigenvalue weighted by atomic mass is 10.0. The minimum atomic E-state index is -0.898. The quantitative estimate of drug-likeness (QED) is 0.182. The van der Waals surface area contributed by atoms with Crippen LogP contribution in [0, 0.1) is 5.92 Å². The van der Waals surface area contributed by atoms with Gasteiger partial charge in [0.15, 0.2) is 0 Å². The van der Waals surface area contributed by atoms with E-state index in [0.29, 0.717) is 17.9 Å². The average molecular weight is 541 g/mol. The number of ether oxygens (including phenoxy) is 2. The second-order valence-corrected chi connectivity index (χ2v) is 9.18. The number of benzene rings is 2. The van der Waals surface area contributed by atoms with E-state index in [1.54, 1.807) is 12.1 Å². The molecule has 0 spiro atoms. The molecule has 9 heteroatoms. The van der Waals surface area contributed by atoms with Crippen molar-refractivity contribution < 1.29 is 19.1 Å². The molecule has 184 valence electrons. The van der Waals surface area contributed by atoms with Gasteiger partial charge in [0.25, 0.3) is 5.91 Å². The fourth-order valence-corrected chi connectivity index (χ4v) is 3.68. The van der Waals surface area contributed by atoms with Crippen molar-refractivity contribution in [3.63, 3.8) is 0 Å². The molecule has 0 bridgehead atoms. The van der Waals surface area contributed by atoms with E-state index in [1.165, 1.54) is 6.21 Å². The van der Waals surface area contributed by atoms with Gasteiger partial charge in [0.1, 0.15) is 18.4 Å². The minimum absolute atomic E-state index is 0.175. The Hall–Kier alpha value is -3.59. The van der Waals surface area contributed by atoms with Crippen LogP contribution in [0.4, 0.5) is 4.79 Å². The van der Waals surface area contributed by atoms with Crippen LogP contribution in [-0.4, -0.2) is 42.5 Å². The number of nitrogens with zero attached hydrogens (tertiary/aromatic N) is 1. The van der Waals surface area contributed by atoms with Crippen LogP contribution in [0.15, 0.2) is 70.9 Å². The molecule has 0 unspecified atom stereocenters. The summed E-state index contributed by atoms with van der Waals surface area (Å²) < 4.78 is 11.7. The van der Waals surface area contributed by atoms with E-state index < -0.39 is 18.0 Å². The van der Waals surface area contributed by atoms with Crippen LogP contribution in [0.25, 0.3) is 10.9 Å². The summed E-state index contributed by atoms with van der Waals surface area (Å²) in [5.41, 5.74) is 5.03. The molecule has 3 N–H and O–H groups in total. The molecular formula is C26H29BrN4O4. The van der Waals surface area contributed by atoms with Gasteiger partial charge >= 0.3 is 6.09 Å². The number of carbonyl (C=O) groups excluding carboxylic acids is 2. The van der Waals surface area contributed by atoms with Gasteiger partial charge in [-0.1, -0.05) is 60.6 Å². The first-order valence-electron chi connectivity index (χ1n) is 11.2. The number of halogens is 1. The summed E-state index contributed by atoms with van der Waals surface area (Å²) in [6.07, 6.45) is 4.56. The molecule has 0 aliphatic rings. The third kappa shape index (κ3) is 7.71. The van der Waals surface area contributed by atoms with E-state index in [9.17, 15) is 9.59 Å². The molecule has 0 saturated heterocycles. The Morgan fingerprint density at radius 1 is 1.23 bits per heavy atom. The minimum Gasteiger partial charge on any atom is -0.489 e. The van der Waals surface area contributed by atoms with Crippen molar-refractivity contribution >= 4 is 45.0 Å². The number of hydrogen-bond acceptors (Lipinski definition) is 5. The summed E-state index contributed by atoms with van der Waals surface area (Å²) in [6, 6.07) is 12.3. The van der Waals surface area contributed by atoms with E-state index >= 15 is 0 Å². The maximum atomic E-state index is 13.0. The monoisotopic (exact) mass is 540 g/mol. The number of hydrogen-bond donors (Lipinski definition) is 3. The predicted octanol–water partition coefficient (Wildman–Crippen LogP) is 4.94. The van der Waals surface area contributed by atoms with E-state index in [4.69, 9.17) is 9.47 Å². The van der Waals surface area contributed by atoms with Crippen molar-refractivity contribution in [2.45, 2.75) is 26.3 Å². The number of fused-ring (bicyclic) bond motifs is 1. The second-order valence-electron chi connectivity index (χ2n) is 8.27. The standard InChI is InChI=1S/C26H29BrN4O4/c1-4-11-34-24-10-9-20(27)12-19(24)15-29-31-25(32)23(30-26(33)35-16-17(2)3)13-18-14-28-22-8-6-5-7-21(18)22/h4-10,12,14-15,17,23,28H,1,11,13,16H2,2-3H3,(H,30,33)(H,31,32)/b29-15-/t23-/m0/s1. The van der Waals surface area contributed by atoms with Gasteiger partial charge in [-0.2, -0.15) is 5.10 Å². The summed E-state index contributed by atoms with van der Waals surface area (Å²) in [6.45, 7) is 8.12. The highest BCUT2D eigenvalue weighted by molar-refractivity contribution is 9.10. The fraction of sp³-hybridized carbons (Fsp3) is 0.269. The third-order valence-corrected chi connectivity index (χ3v) is 5.46. The van der Waals surface area contributed by atoms with E-state index in [0.717, 1.165) is 20.9 Å². The lowest BCUT2D eigenvalue weighted by Gasteiger charge is -2.17. The Morgan fingerprint density at radius 3 is 2.80 bits per heavy atom. The van der Waals surface area contributed by atoms with E-state index in [-0.39, 0.29) is 18.9 Å². The largest absolute Gasteiger partial charge is 0.489 e. The molecule has 0 aliphatic carbocycles. The van der Waals surface area contributed by atoms with Gasteiger partial charge in [0.05, 0.1) is 12.8 Å². The SMILES string of the molecule is C=CCOc1ccc(Br)cc1/C=N\NC(=O)[C@H](Cc1c[nH]c2ccccc12)NC(=O)OCC(C)C. The Morgan fingerprint density at radius 2 is 2.03 bits per heavy atom. The summed E-state index contributed by atoms with van der Waals surface area (Å²) >= 11 is 3.42. The molecule has 3 aromatic rings. The van der Waals surface area contributed by atoms with Gasteiger partial charge in [-0.25, -0.2) is 10.2 Å². The van der Waals surface area contributed by atoms with Gasteiger partial charge in [-0.15, -0.1) is 0 Å². The van der Waals surface area contributed by atoms with E-state index in [1.807, 2.05) is 56.4 Å². The number of rotatable bonds is 11. The molecule has 2 aromatic carbocycles. The number of amides is 2. The van der Waals surface area contributed by atoms with E-state index in [2.05, 4.69) is 43.3 Å². The number of nitrogens with one attached hydrogen (secondary N) is 3. The van der Waals surface area contributed by atoms with Crippen molar-refractivity contribution in [3.8, 4) is 5.75 Å². The zero-order valence-electron chi connectivity index (χ0n) is 19.7. The maximum Gasteiger partial charge on any atom is 0.407 e. The number of hydrazone groups is 1. The first-order chi connectivity index (χ1) is 16.9. The number of alkyl carbamates (subject to hydrolysis) is 1. The Kier molecular flexibility index (Phi) is 9.48. The molecule has 1 aromatic heterocycles. The van der Waals surface area contributed by atoms with Gasteiger partial charge in [-0.3, -0.25) is 4.79 Å². The number of H-pyrrole nitrogens is 1. The van der Waals surface area contributed by atoms with Gasteiger partial charge in [-0.05, 0) is 35.7 Å². The van der Waals surface area contributed by atoms with Crippen molar-refractivity contribution in [2.75, 3.05) is 13.2 Å². The topological polar surface area (TPSA) is 105 Å². The Balaban J connectivity index is 1.75. The van der Waals surface area contributed by atoms with Gasteiger partial charge in [0.2, 0.25) is 0 Å². The average Bonchev–Trinajstić information content (AvgIpc) is 3.24. The summed E-state index contributed by atoms with van der Waals surface area (Å²) in [5.74, 6) is 0.294. The highest BCUT2D eigenvalue weighted by atomic mass is 79.9. The Labute approximate surface area is 212 Å². The predicted molar refractivity (Wildman–Crippen MR) is 141 cm³/mol. The summed E-state index contributed by atoms with van der Waals surface area (Å²) in [4.78, 5) is 28.6. The van der Waals surface area contributed by atoms with Crippen molar-refractivity contribution in [1.82, 2.24) is 15.7 Å². The summed E-state index contributed by atoms with van der Waals surface area (Å²) in [5, 5.41) is 7.74. The van der Waals surface area contributed by atoms with Gasteiger partial charge in [0, 0.05) is 33.6 Å². The first-order valence-corrected chi connectivity index (χ1v) is 12.0. The molecule has 0 radical (unpaired) electrons. The molecule has 0 fully saturated rings. The number of aromatic amines is 1. The van der Waals surface area contributed by atoms with Crippen LogP contribution in [0.3, 0.4) is 0 Å². The van der Waals surface area contributed by atoms with Crippen LogP contribution >= 0.6 is 15.9 Å². The van der Waals surface area contributed by atoms with Crippen molar-refractivity contribution in [2.24, 2.45) is 11.0 Å². The third-order valence-electron chi connectivity index (χ3n) is 4.96. The molecule has 3 rings (SSSR count). The smallest absolute Gasteiger partial charge is 0.407 e. The van der Waals surface area contributed by atoms with Crippen LogP contribution in [0.1, 0.15) is 25.0 Å². The Bertz CT molecular complexity index is 1210.